The van der Waals surface area contributed by atoms with Crippen molar-refractivity contribution >= 4 is 0 Å². The number of nitrogens with two attached hydrogens (primary N) is 1. The molecule has 0 bridgehead atoms. The zero-order valence-corrected chi connectivity index (χ0v) is 13.4. The molecule has 9 heteroatoms. The molecule has 0 aliphatic carbocycles. The van der Waals surface area contributed by atoms with Gasteiger partial charge in [0.1, 0.15) is 0 Å². The first kappa shape index (κ1) is 16.8. The number of fused-ring (bicyclic) bond motifs is 1. The van der Waals surface area contributed by atoms with E-state index in [2.05, 4.69) is 15.1 Å². The van der Waals surface area contributed by atoms with Gasteiger partial charge in [-0.05, 0) is 25.5 Å². The van der Waals surface area contributed by atoms with Crippen LogP contribution < -0.4 is 5.73 Å². The lowest BCUT2D eigenvalue weighted by atomic mass is 10.0. The van der Waals surface area contributed by atoms with E-state index in [0.29, 0.717) is 49.0 Å². The van der Waals surface area contributed by atoms with Gasteiger partial charge < -0.3 is 10.3 Å². The highest BCUT2D eigenvalue weighted by atomic mass is 19.4. The summed E-state index contributed by atoms with van der Waals surface area (Å²) in [5, 5.41) is 3.84. The largest absolute Gasteiger partial charge is 0.417 e. The summed E-state index contributed by atoms with van der Waals surface area (Å²) in [6.07, 6.45) is -2.92. The van der Waals surface area contributed by atoms with Gasteiger partial charge >= 0.3 is 6.18 Å². The smallest absolute Gasteiger partial charge is 0.338 e. The van der Waals surface area contributed by atoms with Crippen LogP contribution in [0, 0.1) is 0 Å². The molecule has 24 heavy (non-hydrogen) atoms. The lowest BCUT2D eigenvalue weighted by Gasteiger charge is -2.27. The minimum Gasteiger partial charge on any atom is -0.338 e. The maximum absolute atomic E-state index is 12.8. The van der Waals surface area contributed by atoms with Gasteiger partial charge in [-0.25, -0.2) is 0 Å². The minimum atomic E-state index is -4.39. The van der Waals surface area contributed by atoms with Gasteiger partial charge in [0, 0.05) is 31.4 Å². The molecule has 0 aromatic carbocycles. The molecule has 2 aromatic heterocycles. The molecule has 0 saturated carbocycles. The molecule has 6 nitrogen and oxygen atoms in total. The van der Waals surface area contributed by atoms with Crippen LogP contribution in [0.15, 0.2) is 16.8 Å². The highest BCUT2D eigenvalue weighted by Crippen LogP contribution is 2.31. The third-order valence-electron chi connectivity index (χ3n) is 3.85. The van der Waals surface area contributed by atoms with E-state index in [-0.39, 0.29) is 0 Å². The van der Waals surface area contributed by atoms with Gasteiger partial charge in [0.05, 0.1) is 17.6 Å². The molecule has 2 aromatic rings. The Morgan fingerprint density at radius 1 is 1.33 bits per heavy atom. The number of alkyl halides is 3. The average molecular weight is 341 g/mol. The van der Waals surface area contributed by atoms with Crippen molar-refractivity contribution in [2.75, 3.05) is 6.54 Å². The number of hydrogen-bond donors (Lipinski definition) is 1. The summed E-state index contributed by atoms with van der Waals surface area (Å²) < 4.78 is 43.6. The van der Waals surface area contributed by atoms with Crippen LogP contribution in [0.5, 0.6) is 0 Å². The van der Waals surface area contributed by atoms with Crippen molar-refractivity contribution in [1.82, 2.24) is 20.0 Å². The fraction of sp³-hybridized carbons (Fsp3) is 0.533. The summed E-state index contributed by atoms with van der Waals surface area (Å²) in [7, 11) is 0. The molecule has 2 N–H and O–H groups in total. The molecule has 3 heterocycles. The van der Waals surface area contributed by atoms with Crippen LogP contribution in [0.25, 0.3) is 0 Å². The van der Waals surface area contributed by atoms with Crippen molar-refractivity contribution in [2.45, 2.75) is 45.1 Å². The summed E-state index contributed by atoms with van der Waals surface area (Å²) >= 11 is 0. The molecule has 0 saturated heterocycles. The van der Waals surface area contributed by atoms with Crippen molar-refractivity contribution in [3.05, 3.63) is 40.8 Å². The third kappa shape index (κ3) is 3.57. The van der Waals surface area contributed by atoms with Gasteiger partial charge in [0.15, 0.2) is 5.82 Å². The van der Waals surface area contributed by atoms with Gasteiger partial charge in [-0.15, -0.1) is 0 Å². The topological polar surface area (TPSA) is 81.1 Å². The van der Waals surface area contributed by atoms with Crippen molar-refractivity contribution in [3.8, 4) is 0 Å². The van der Waals surface area contributed by atoms with E-state index in [1.165, 1.54) is 0 Å². The van der Waals surface area contributed by atoms with Crippen molar-refractivity contribution < 1.29 is 17.7 Å². The van der Waals surface area contributed by atoms with Gasteiger partial charge in [0.25, 0.3) is 0 Å². The highest BCUT2D eigenvalue weighted by molar-refractivity contribution is 5.28. The molecular weight excluding hydrogens is 323 g/mol. The van der Waals surface area contributed by atoms with Crippen molar-refractivity contribution in [1.29, 1.82) is 0 Å². The summed E-state index contributed by atoms with van der Waals surface area (Å²) in [4.78, 5) is 10.1. The molecule has 1 aliphatic heterocycles. The van der Waals surface area contributed by atoms with E-state index in [9.17, 15) is 13.2 Å². The molecule has 0 fully saturated rings. The fourth-order valence-electron chi connectivity index (χ4n) is 2.55. The highest BCUT2D eigenvalue weighted by Gasteiger charge is 2.32. The van der Waals surface area contributed by atoms with E-state index in [1.807, 2.05) is 4.90 Å². The SMILES string of the molecule is CC(C)(N)c1noc(CN2CCc3ncc(C(F)(F)F)cc3C2)n1. The van der Waals surface area contributed by atoms with Crippen LogP contribution in [0.2, 0.25) is 0 Å². The molecule has 0 atom stereocenters. The van der Waals surface area contributed by atoms with Crippen LogP contribution in [0.1, 0.15) is 42.4 Å². The predicted molar refractivity (Wildman–Crippen MR) is 78.6 cm³/mol. The first-order chi connectivity index (χ1) is 11.1. The first-order valence-corrected chi connectivity index (χ1v) is 7.52. The Bertz CT molecular complexity index is 735. The Morgan fingerprint density at radius 2 is 2.08 bits per heavy atom. The zero-order valence-electron chi connectivity index (χ0n) is 13.4. The van der Waals surface area contributed by atoms with E-state index >= 15 is 0 Å². The Balaban J connectivity index is 1.74. The first-order valence-electron chi connectivity index (χ1n) is 7.52. The summed E-state index contributed by atoms with van der Waals surface area (Å²) in [5.41, 5.74) is 5.76. The van der Waals surface area contributed by atoms with Crippen LogP contribution in [0.4, 0.5) is 13.2 Å². The monoisotopic (exact) mass is 341 g/mol. The van der Waals surface area contributed by atoms with Crippen LogP contribution in [0.3, 0.4) is 0 Å². The molecule has 3 rings (SSSR count). The average Bonchev–Trinajstić information content (AvgIpc) is 2.94. The van der Waals surface area contributed by atoms with Gasteiger partial charge in [-0.2, -0.15) is 18.2 Å². The van der Waals surface area contributed by atoms with Gasteiger partial charge in [-0.3, -0.25) is 9.88 Å². The standard InChI is InChI=1S/C15H18F3N5O/c1-14(2,19)13-21-12(24-22-13)8-23-4-3-11-9(7-23)5-10(6-20-11)15(16,17)18/h5-6H,3-4,7-8,19H2,1-2H3. The number of nitrogens with zero attached hydrogens (tertiary/aromatic N) is 4. The normalized spacial score (nSPS) is 16.2. The lowest BCUT2D eigenvalue weighted by molar-refractivity contribution is -0.137. The molecule has 130 valence electrons. The Labute approximate surface area is 136 Å². The summed E-state index contributed by atoms with van der Waals surface area (Å²) in [6, 6.07) is 1.16. The fourth-order valence-corrected chi connectivity index (χ4v) is 2.55. The molecular formula is C15H18F3N5O. The van der Waals surface area contributed by atoms with E-state index in [1.54, 1.807) is 13.8 Å². The Kier molecular flexibility index (Phi) is 4.08. The van der Waals surface area contributed by atoms with Gasteiger partial charge in [0.2, 0.25) is 5.89 Å². The quantitative estimate of drug-likeness (QED) is 0.922. The van der Waals surface area contributed by atoms with Gasteiger partial charge in [-0.1, -0.05) is 5.16 Å². The van der Waals surface area contributed by atoms with Crippen LogP contribution in [-0.2, 0) is 31.2 Å². The Hall–Kier alpha value is -2.00. The van der Waals surface area contributed by atoms with Crippen molar-refractivity contribution in [3.63, 3.8) is 0 Å². The second-order valence-corrected chi connectivity index (χ2v) is 6.52. The number of rotatable bonds is 3. The van der Waals surface area contributed by atoms with Crippen molar-refractivity contribution in [2.24, 2.45) is 5.73 Å². The number of halogens is 3. The maximum Gasteiger partial charge on any atom is 0.417 e. The summed E-state index contributed by atoms with van der Waals surface area (Å²) in [5.74, 6) is 0.794. The second kappa shape index (κ2) is 5.82. The minimum absolute atomic E-state index is 0.357. The number of pyridine rings is 1. The zero-order chi connectivity index (χ0) is 17.5. The summed E-state index contributed by atoms with van der Waals surface area (Å²) in [6.45, 7) is 4.91. The molecule has 0 amide bonds. The van der Waals surface area contributed by atoms with E-state index in [4.69, 9.17) is 10.3 Å². The Morgan fingerprint density at radius 3 is 2.71 bits per heavy atom. The molecule has 0 radical (unpaired) electrons. The predicted octanol–water partition coefficient (Wildman–Crippen LogP) is 2.24. The maximum atomic E-state index is 12.8. The second-order valence-electron chi connectivity index (χ2n) is 6.52. The van der Waals surface area contributed by atoms with Crippen LogP contribution >= 0.6 is 0 Å². The number of aromatic nitrogens is 3. The number of hydrogen-bond acceptors (Lipinski definition) is 6. The molecule has 0 unspecified atom stereocenters. The molecule has 0 spiro atoms. The van der Waals surface area contributed by atoms with Crippen LogP contribution in [-0.4, -0.2) is 26.6 Å². The molecule has 1 aliphatic rings. The third-order valence-corrected chi connectivity index (χ3v) is 3.85. The van der Waals surface area contributed by atoms with E-state index in [0.717, 1.165) is 12.3 Å². The van der Waals surface area contributed by atoms with E-state index < -0.39 is 17.3 Å². The lowest BCUT2D eigenvalue weighted by Crippen LogP contribution is -2.32.